The summed E-state index contributed by atoms with van der Waals surface area (Å²) in [6, 6.07) is 8.53. The molecule has 0 aromatic heterocycles. The molecule has 1 unspecified atom stereocenters. The number of methoxy groups -OCH3 is 1. The van der Waals surface area contributed by atoms with E-state index in [1.165, 1.54) is 24.0 Å². The van der Waals surface area contributed by atoms with E-state index in [0.717, 1.165) is 31.5 Å². The predicted molar refractivity (Wildman–Crippen MR) is 103 cm³/mol. The number of benzene rings is 1. The molecule has 1 heterocycles. The lowest BCUT2D eigenvalue weighted by Crippen LogP contribution is -2.45. The van der Waals surface area contributed by atoms with Crippen LogP contribution in [0.2, 0.25) is 0 Å². The summed E-state index contributed by atoms with van der Waals surface area (Å²) in [7, 11) is 3.59. The molecule has 0 bridgehead atoms. The Bertz CT molecular complexity index is 461. The molecule has 1 aliphatic rings. The highest BCUT2D eigenvalue weighted by atomic mass is 127. The van der Waals surface area contributed by atoms with Crippen LogP contribution in [0.3, 0.4) is 0 Å². The van der Waals surface area contributed by atoms with Crippen LogP contribution in [-0.4, -0.2) is 38.1 Å². The molecule has 0 spiro atoms. The Morgan fingerprint density at radius 1 is 1.32 bits per heavy atom. The Morgan fingerprint density at radius 3 is 2.59 bits per heavy atom. The third kappa shape index (κ3) is 5.76. The number of aliphatic imine (C=N–C) groups is 1. The summed E-state index contributed by atoms with van der Waals surface area (Å²) in [5, 5.41) is 3.47. The summed E-state index contributed by atoms with van der Waals surface area (Å²) in [4.78, 5) is 6.79. The molecule has 124 valence electrons. The normalized spacial score (nSPS) is 18.8. The van der Waals surface area contributed by atoms with Crippen molar-refractivity contribution in [3.8, 4) is 0 Å². The van der Waals surface area contributed by atoms with Gasteiger partial charge in [-0.3, -0.25) is 4.99 Å². The van der Waals surface area contributed by atoms with Gasteiger partial charge in [-0.1, -0.05) is 31.2 Å². The van der Waals surface area contributed by atoms with Crippen LogP contribution in [0.1, 0.15) is 30.9 Å². The molecule has 1 N–H and O–H groups in total. The highest BCUT2D eigenvalue weighted by Gasteiger charge is 2.18. The molecule has 22 heavy (non-hydrogen) atoms. The van der Waals surface area contributed by atoms with Gasteiger partial charge in [-0.05, 0) is 29.9 Å². The Labute approximate surface area is 151 Å². The predicted octanol–water partition coefficient (Wildman–Crippen LogP) is 3.26. The van der Waals surface area contributed by atoms with Crippen molar-refractivity contribution in [3.63, 3.8) is 0 Å². The lowest BCUT2D eigenvalue weighted by molar-refractivity contribution is 0.185. The number of piperidine rings is 1. The zero-order chi connectivity index (χ0) is 15.1. The molecular weight excluding hydrogens is 389 g/mol. The Balaban J connectivity index is 0.00000242. The van der Waals surface area contributed by atoms with Crippen LogP contribution in [-0.2, 0) is 17.9 Å². The van der Waals surface area contributed by atoms with E-state index in [4.69, 9.17) is 4.74 Å². The molecule has 1 atom stereocenters. The van der Waals surface area contributed by atoms with Gasteiger partial charge in [0, 0.05) is 33.8 Å². The van der Waals surface area contributed by atoms with Gasteiger partial charge in [0.15, 0.2) is 5.96 Å². The summed E-state index contributed by atoms with van der Waals surface area (Å²) in [6.07, 6.45) is 2.59. The van der Waals surface area contributed by atoms with E-state index in [1.54, 1.807) is 7.11 Å². The van der Waals surface area contributed by atoms with E-state index in [1.807, 2.05) is 7.05 Å². The van der Waals surface area contributed by atoms with E-state index in [-0.39, 0.29) is 24.0 Å². The van der Waals surface area contributed by atoms with Gasteiger partial charge in [-0.15, -0.1) is 24.0 Å². The minimum atomic E-state index is 0. The van der Waals surface area contributed by atoms with Crippen molar-refractivity contribution in [2.75, 3.05) is 27.2 Å². The smallest absolute Gasteiger partial charge is 0.193 e. The summed E-state index contributed by atoms with van der Waals surface area (Å²) < 4.78 is 5.13. The maximum absolute atomic E-state index is 5.13. The minimum absolute atomic E-state index is 0. The van der Waals surface area contributed by atoms with Gasteiger partial charge in [0.2, 0.25) is 0 Å². The van der Waals surface area contributed by atoms with Gasteiger partial charge < -0.3 is 15.0 Å². The van der Waals surface area contributed by atoms with Crippen LogP contribution in [0, 0.1) is 5.92 Å². The molecule has 0 aliphatic carbocycles. The second-order valence-corrected chi connectivity index (χ2v) is 5.84. The van der Waals surface area contributed by atoms with Crippen LogP contribution in [0.5, 0.6) is 0 Å². The van der Waals surface area contributed by atoms with Gasteiger partial charge in [-0.25, -0.2) is 0 Å². The molecule has 1 aromatic carbocycles. The first kappa shape index (κ1) is 19.2. The topological polar surface area (TPSA) is 36.9 Å². The third-order valence-electron chi connectivity index (χ3n) is 3.95. The van der Waals surface area contributed by atoms with Gasteiger partial charge in [0.05, 0.1) is 6.61 Å². The van der Waals surface area contributed by atoms with Crippen molar-refractivity contribution >= 4 is 29.9 Å². The SMILES string of the molecule is CN=C(NCc1ccc(COC)cc1)N1CCCC(C)C1.I. The number of likely N-dealkylation sites (tertiary alicyclic amines) is 1. The Hall–Kier alpha value is -0.820. The fourth-order valence-corrected chi connectivity index (χ4v) is 2.82. The Kier molecular flexibility index (Phi) is 8.78. The monoisotopic (exact) mass is 417 g/mol. The van der Waals surface area contributed by atoms with Crippen molar-refractivity contribution in [3.05, 3.63) is 35.4 Å². The van der Waals surface area contributed by atoms with Gasteiger partial charge in [-0.2, -0.15) is 0 Å². The van der Waals surface area contributed by atoms with Crippen LogP contribution in [0.25, 0.3) is 0 Å². The van der Waals surface area contributed by atoms with Crippen LogP contribution >= 0.6 is 24.0 Å². The summed E-state index contributed by atoms with van der Waals surface area (Å²) >= 11 is 0. The van der Waals surface area contributed by atoms with Gasteiger partial charge >= 0.3 is 0 Å². The maximum Gasteiger partial charge on any atom is 0.193 e. The molecule has 2 rings (SSSR count). The van der Waals surface area contributed by atoms with E-state index in [0.29, 0.717) is 6.61 Å². The molecule has 0 saturated carbocycles. The number of halogens is 1. The van der Waals surface area contributed by atoms with Crippen LogP contribution < -0.4 is 5.32 Å². The highest BCUT2D eigenvalue weighted by molar-refractivity contribution is 14.0. The van der Waals surface area contributed by atoms with Crippen molar-refractivity contribution in [2.45, 2.75) is 32.9 Å². The number of hydrogen-bond acceptors (Lipinski definition) is 2. The molecule has 4 nitrogen and oxygen atoms in total. The van der Waals surface area contributed by atoms with Crippen molar-refractivity contribution in [1.29, 1.82) is 0 Å². The van der Waals surface area contributed by atoms with Crippen LogP contribution in [0.15, 0.2) is 29.3 Å². The number of ether oxygens (including phenoxy) is 1. The first-order valence-electron chi connectivity index (χ1n) is 7.75. The lowest BCUT2D eigenvalue weighted by atomic mass is 10.0. The molecular formula is C17H28IN3O. The zero-order valence-corrected chi connectivity index (χ0v) is 16.2. The molecule has 0 amide bonds. The average molecular weight is 417 g/mol. The molecule has 1 aromatic rings. The molecule has 1 fully saturated rings. The van der Waals surface area contributed by atoms with E-state index < -0.39 is 0 Å². The van der Waals surface area contributed by atoms with Crippen molar-refractivity contribution in [2.24, 2.45) is 10.9 Å². The summed E-state index contributed by atoms with van der Waals surface area (Å²) in [5.74, 6) is 1.77. The number of nitrogens with zero attached hydrogens (tertiary/aromatic N) is 2. The highest BCUT2D eigenvalue weighted by Crippen LogP contribution is 2.15. The van der Waals surface area contributed by atoms with E-state index in [2.05, 4.69) is 46.4 Å². The Morgan fingerprint density at radius 2 is 2.00 bits per heavy atom. The van der Waals surface area contributed by atoms with Gasteiger partial charge in [0.1, 0.15) is 0 Å². The lowest BCUT2D eigenvalue weighted by Gasteiger charge is -2.33. The van der Waals surface area contributed by atoms with Crippen LogP contribution in [0.4, 0.5) is 0 Å². The van der Waals surface area contributed by atoms with Gasteiger partial charge in [0.25, 0.3) is 0 Å². The first-order valence-corrected chi connectivity index (χ1v) is 7.75. The molecule has 1 saturated heterocycles. The summed E-state index contributed by atoms with van der Waals surface area (Å²) in [5.41, 5.74) is 2.47. The van der Waals surface area contributed by atoms with E-state index in [9.17, 15) is 0 Å². The summed E-state index contributed by atoms with van der Waals surface area (Å²) in [6.45, 7) is 6.00. The molecule has 0 radical (unpaired) electrons. The number of hydrogen-bond donors (Lipinski definition) is 1. The third-order valence-corrected chi connectivity index (χ3v) is 3.95. The molecule has 1 aliphatic heterocycles. The fraction of sp³-hybridized carbons (Fsp3) is 0.588. The number of nitrogens with one attached hydrogen (secondary N) is 1. The van der Waals surface area contributed by atoms with Crippen molar-refractivity contribution < 1.29 is 4.74 Å². The standard InChI is InChI=1S/C17H27N3O.HI/c1-14-5-4-10-20(12-14)17(18-2)19-11-15-6-8-16(9-7-15)13-21-3;/h6-9,14H,4-5,10-13H2,1-3H3,(H,18,19);1H. The zero-order valence-electron chi connectivity index (χ0n) is 13.8. The molecule has 5 heteroatoms. The minimum Gasteiger partial charge on any atom is -0.380 e. The number of guanidine groups is 1. The number of rotatable bonds is 4. The average Bonchev–Trinajstić information content (AvgIpc) is 2.50. The largest absolute Gasteiger partial charge is 0.380 e. The fourth-order valence-electron chi connectivity index (χ4n) is 2.82. The second kappa shape index (κ2) is 10.0. The quantitative estimate of drug-likeness (QED) is 0.464. The maximum atomic E-state index is 5.13. The second-order valence-electron chi connectivity index (χ2n) is 5.84. The van der Waals surface area contributed by atoms with Crippen molar-refractivity contribution in [1.82, 2.24) is 10.2 Å². The first-order chi connectivity index (χ1) is 10.2. The van der Waals surface area contributed by atoms with E-state index >= 15 is 0 Å².